The van der Waals surface area contributed by atoms with E-state index in [9.17, 15) is 9.18 Å². The van der Waals surface area contributed by atoms with E-state index in [0.717, 1.165) is 0 Å². The van der Waals surface area contributed by atoms with E-state index in [0.29, 0.717) is 29.1 Å². The van der Waals surface area contributed by atoms with Gasteiger partial charge in [0.25, 0.3) is 0 Å². The predicted octanol–water partition coefficient (Wildman–Crippen LogP) is 2.54. The zero-order chi connectivity index (χ0) is 11.5. The fourth-order valence-corrected chi connectivity index (χ4v) is 1.53. The first-order valence-electron chi connectivity index (χ1n) is 4.60. The normalized spacial score (nSPS) is 10.4. The number of imidazole rings is 1. The van der Waals surface area contributed by atoms with Crippen molar-refractivity contribution >= 4 is 17.9 Å². The summed E-state index contributed by atoms with van der Waals surface area (Å²) in [6.45, 7) is 0.323. The molecule has 0 bridgehead atoms. The summed E-state index contributed by atoms with van der Waals surface area (Å²) >= 11 is 5.64. The fraction of sp³-hybridized carbons (Fsp3) is 0.0909. The summed E-state index contributed by atoms with van der Waals surface area (Å²) in [6.07, 6.45) is 3.69. The summed E-state index contributed by atoms with van der Waals surface area (Å²) < 4.78 is 15.1. The molecule has 0 saturated heterocycles. The third-order valence-electron chi connectivity index (χ3n) is 2.14. The van der Waals surface area contributed by atoms with Crippen molar-refractivity contribution in [3.63, 3.8) is 0 Å². The number of carbonyl (C=O) groups excluding carboxylic acids is 1. The Labute approximate surface area is 96.5 Å². The molecule has 1 aromatic heterocycles. The topological polar surface area (TPSA) is 34.9 Å². The Bertz CT molecular complexity index is 524. The molecule has 0 unspecified atom stereocenters. The number of hydrogen-bond acceptors (Lipinski definition) is 2. The number of nitrogens with zero attached hydrogens (tertiary/aromatic N) is 2. The smallest absolute Gasteiger partial charge is 0.169 e. The highest BCUT2D eigenvalue weighted by atomic mass is 35.5. The number of aldehydes is 1. The minimum atomic E-state index is -0.367. The van der Waals surface area contributed by atoms with E-state index >= 15 is 0 Å². The van der Waals surface area contributed by atoms with Crippen molar-refractivity contribution in [3.05, 3.63) is 52.8 Å². The first-order chi connectivity index (χ1) is 7.69. The van der Waals surface area contributed by atoms with Crippen molar-refractivity contribution in [3.8, 4) is 0 Å². The highest BCUT2D eigenvalue weighted by Gasteiger charge is 2.04. The molecule has 82 valence electrons. The van der Waals surface area contributed by atoms with E-state index in [1.165, 1.54) is 12.4 Å². The fourth-order valence-electron chi connectivity index (χ4n) is 1.37. The summed E-state index contributed by atoms with van der Waals surface area (Å²) in [5.74, 6) is -0.367. The van der Waals surface area contributed by atoms with Gasteiger partial charge >= 0.3 is 0 Å². The summed E-state index contributed by atoms with van der Waals surface area (Å²) in [7, 11) is 0. The van der Waals surface area contributed by atoms with Gasteiger partial charge in [-0.3, -0.25) is 4.79 Å². The second-order valence-corrected chi connectivity index (χ2v) is 3.76. The predicted molar refractivity (Wildman–Crippen MR) is 58.1 cm³/mol. The Morgan fingerprint density at radius 1 is 1.50 bits per heavy atom. The van der Waals surface area contributed by atoms with Gasteiger partial charge in [-0.25, -0.2) is 9.37 Å². The van der Waals surface area contributed by atoms with E-state index in [2.05, 4.69) is 4.98 Å². The second-order valence-electron chi connectivity index (χ2n) is 3.32. The van der Waals surface area contributed by atoms with Crippen molar-refractivity contribution < 1.29 is 9.18 Å². The highest BCUT2D eigenvalue weighted by molar-refractivity contribution is 6.30. The molecule has 0 radical (unpaired) electrons. The summed E-state index contributed by atoms with van der Waals surface area (Å²) in [5, 5.41) is 0.362. The maximum atomic E-state index is 13.4. The Morgan fingerprint density at radius 3 is 2.94 bits per heavy atom. The van der Waals surface area contributed by atoms with Crippen molar-refractivity contribution in [1.29, 1.82) is 0 Å². The van der Waals surface area contributed by atoms with Crippen LogP contribution >= 0.6 is 11.6 Å². The van der Waals surface area contributed by atoms with Crippen LogP contribution in [0.2, 0.25) is 5.02 Å². The highest BCUT2D eigenvalue weighted by Crippen LogP contribution is 2.15. The maximum Gasteiger partial charge on any atom is 0.169 e. The van der Waals surface area contributed by atoms with E-state index < -0.39 is 0 Å². The molecular weight excluding hydrogens is 231 g/mol. The largest absolute Gasteiger partial charge is 0.332 e. The third kappa shape index (κ3) is 2.28. The van der Waals surface area contributed by atoms with Crippen molar-refractivity contribution in [2.24, 2.45) is 0 Å². The van der Waals surface area contributed by atoms with E-state index in [1.807, 2.05) is 0 Å². The molecule has 1 heterocycles. The molecule has 0 aliphatic carbocycles. The van der Waals surface area contributed by atoms with Crippen LogP contribution in [0.3, 0.4) is 0 Å². The van der Waals surface area contributed by atoms with Gasteiger partial charge in [-0.2, -0.15) is 0 Å². The standard InChI is InChI=1S/C11H8ClFN2O/c12-9-2-1-8(11(13)3-9)4-15-5-10(6-16)14-7-15/h1-3,5-7H,4H2. The lowest BCUT2D eigenvalue weighted by Gasteiger charge is -2.04. The van der Waals surface area contributed by atoms with Crippen LogP contribution in [0.15, 0.2) is 30.7 Å². The molecule has 2 aromatic rings. The van der Waals surface area contributed by atoms with Crippen molar-refractivity contribution in [2.45, 2.75) is 6.54 Å². The number of carbonyl (C=O) groups is 1. The maximum absolute atomic E-state index is 13.4. The molecule has 0 amide bonds. The first kappa shape index (κ1) is 10.8. The molecule has 0 N–H and O–H groups in total. The van der Waals surface area contributed by atoms with Crippen molar-refractivity contribution in [1.82, 2.24) is 9.55 Å². The zero-order valence-corrected chi connectivity index (χ0v) is 8.99. The molecule has 0 fully saturated rings. The van der Waals surface area contributed by atoms with Gasteiger partial charge in [0.2, 0.25) is 0 Å². The van der Waals surface area contributed by atoms with Gasteiger partial charge in [0, 0.05) is 16.8 Å². The number of halogens is 2. The van der Waals surface area contributed by atoms with E-state index in [1.54, 1.807) is 22.9 Å². The number of benzene rings is 1. The summed E-state index contributed by atoms with van der Waals surface area (Å²) in [5.41, 5.74) is 0.827. The molecule has 0 saturated carbocycles. The molecular formula is C11H8ClFN2O. The second kappa shape index (κ2) is 4.45. The molecule has 2 rings (SSSR count). The molecule has 0 aliphatic rings. The van der Waals surface area contributed by atoms with E-state index in [-0.39, 0.29) is 5.82 Å². The number of aromatic nitrogens is 2. The minimum absolute atomic E-state index is 0.323. The van der Waals surface area contributed by atoms with Gasteiger partial charge in [-0.05, 0) is 12.1 Å². The SMILES string of the molecule is O=Cc1cn(Cc2ccc(Cl)cc2F)cn1. The van der Waals surface area contributed by atoms with Crippen LogP contribution in [0.25, 0.3) is 0 Å². The lowest BCUT2D eigenvalue weighted by Crippen LogP contribution is -1.99. The van der Waals surface area contributed by atoms with Crippen LogP contribution in [-0.4, -0.2) is 15.8 Å². The Balaban J connectivity index is 2.23. The van der Waals surface area contributed by atoms with Crippen LogP contribution < -0.4 is 0 Å². The van der Waals surface area contributed by atoms with Crippen LogP contribution in [0.5, 0.6) is 0 Å². The van der Waals surface area contributed by atoms with Crippen LogP contribution in [0.4, 0.5) is 4.39 Å². The van der Waals surface area contributed by atoms with Gasteiger partial charge in [0.15, 0.2) is 6.29 Å². The number of rotatable bonds is 3. The first-order valence-corrected chi connectivity index (χ1v) is 4.97. The van der Waals surface area contributed by atoms with E-state index in [4.69, 9.17) is 11.6 Å². The summed E-state index contributed by atoms with van der Waals surface area (Å²) in [4.78, 5) is 14.2. The molecule has 16 heavy (non-hydrogen) atoms. The van der Waals surface area contributed by atoms with Crippen LogP contribution in [0, 0.1) is 5.82 Å². The average Bonchev–Trinajstić information content (AvgIpc) is 2.70. The average molecular weight is 239 g/mol. The monoisotopic (exact) mass is 238 g/mol. The van der Waals surface area contributed by atoms with Gasteiger partial charge in [-0.15, -0.1) is 0 Å². The minimum Gasteiger partial charge on any atom is -0.332 e. The lowest BCUT2D eigenvalue weighted by molar-refractivity contribution is 0.111. The van der Waals surface area contributed by atoms with Crippen LogP contribution in [0.1, 0.15) is 16.1 Å². The Morgan fingerprint density at radius 2 is 2.31 bits per heavy atom. The van der Waals surface area contributed by atoms with Crippen LogP contribution in [-0.2, 0) is 6.54 Å². The van der Waals surface area contributed by atoms with Gasteiger partial charge in [0.05, 0.1) is 12.9 Å². The molecule has 3 nitrogen and oxygen atoms in total. The Hall–Kier alpha value is -1.68. The molecule has 0 spiro atoms. The summed E-state index contributed by atoms with van der Waals surface area (Å²) in [6, 6.07) is 4.49. The van der Waals surface area contributed by atoms with Gasteiger partial charge in [-0.1, -0.05) is 17.7 Å². The quantitative estimate of drug-likeness (QED) is 0.771. The molecule has 1 aromatic carbocycles. The third-order valence-corrected chi connectivity index (χ3v) is 2.38. The molecule has 5 heteroatoms. The van der Waals surface area contributed by atoms with Gasteiger partial charge < -0.3 is 4.57 Å². The number of hydrogen-bond donors (Lipinski definition) is 0. The van der Waals surface area contributed by atoms with Gasteiger partial charge in [0.1, 0.15) is 11.5 Å². The molecule has 0 atom stereocenters. The lowest BCUT2D eigenvalue weighted by atomic mass is 10.2. The zero-order valence-electron chi connectivity index (χ0n) is 8.23. The molecule has 0 aliphatic heterocycles. The Kier molecular flexibility index (Phi) is 3.01. The van der Waals surface area contributed by atoms with Crippen molar-refractivity contribution in [2.75, 3.05) is 0 Å².